The van der Waals surface area contributed by atoms with E-state index in [1.807, 2.05) is 32.2 Å². The van der Waals surface area contributed by atoms with Crippen LogP contribution in [0.3, 0.4) is 0 Å². The zero-order valence-corrected chi connectivity index (χ0v) is 18.1. The van der Waals surface area contributed by atoms with Crippen LogP contribution < -0.4 is 14.8 Å². The number of hydrogen-bond donors (Lipinski definition) is 1. The van der Waals surface area contributed by atoms with E-state index in [0.717, 1.165) is 47.4 Å². The normalized spacial score (nSPS) is 11.3. The molecule has 0 saturated heterocycles. The summed E-state index contributed by atoms with van der Waals surface area (Å²) in [5.41, 5.74) is 2.06. The Labute approximate surface area is 173 Å². The minimum atomic E-state index is 0.569. The van der Waals surface area contributed by atoms with Crippen molar-refractivity contribution < 1.29 is 9.47 Å². The van der Waals surface area contributed by atoms with Crippen molar-refractivity contribution in [3.05, 3.63) is 48.1 Å². The lowest BCUT2D eigenvalue weighted by Gasteiger charge is -2.24. The van der Waals surface area contributed by atoms with Crippen LogP contribution in [0.5, 0.6) is 11.5 Å². The Morgan fingerprint density at radius 2 is 2.10 bits per heavy atom. The van der Waals surface area contributed by atoms with Gasteiger partial charge in [0.2, 0.25) is 0 Å². The number of nitrogens with one attached hydrogen (secondary N) is 1. The van der Waals surface area contributed by atoms with E-state index in [1.165, 1.54) is 0 Å². The second-order valence-electron chi connectivity index (χ2n) is 6.85. The molecule has 0 saturated carbocycles. The van der Waals surface area contributed by atoms with E-state index >= 15 is 0 Å². The maximum atomic E-state index is 5.52. The Kier molecular flexibility index (Phi) is 8.51. The molecule has 0 atom stereocenters. The monoisotopic (exact) mass is 400 g/mol. The summed E-state index contributed by atoms with van der Waals surface area (Å²) in [6.07, 6.45) is 2.62. The summed E-state index contributed by atoms with van der Waals surface area (Å²) in [6.45, 7) is 10.7. The molecule has 1 N–H and O–H groups in total. The summed E-state index contributed by atoms with van der Waals surface area (Å²) < 4.78 is 12.9. The molecule has 1 heterocycles. The van der Waals surface area contributed by atoms with Gasteiger partial charge in [0.15, 0.2) is 5.96 Å². The van der Waals surface area contributed by atoms with E-state index in [9.17, 15) is 0 Å². The van der Waals surface area contributed by atoms with E-state index in [4.69, 9.17) is 14.5 Å². The van der Waals surface area contributed by atoms with Crippen molar-refractivity contribution in [3.8, 4) is 11.5 Å². The molecule has 0 aliphatic heterocycles. The first-order chi connectivity index (χ1) is 14.0. The molecule has 0 aliphatic carbocycles. The van der Waals surface area contributed by atoms with Crippen LogP contribution in [0.4, 0.5) is 0 Å². The van der Waals surface area contributed by atoms with Gasteiger partial charge in [0.25, 0.3) is 0 Å². The molecule has 1 aromatic heterocycles. The maximum Gasteiger partial charge on any atom is 0.194 e. The van der Waals surface area contributed by atoms with Crippen molar-refractivity contribution >= 4 is 5.96 Å². The summed E-state index contributed by atoms with van der Waals surface area (Å²) >= 11 is 0. The number of aliphatic imine (C=N–C) groups is 1. The lowest BCUT2D eigenvalue weighted by atomic mass is 10.2. The minimum Gasteiger partial charge on any atom is -0.497 e. The molecule has 0 aliphatic rings. The highest BCUT2D eigenvalue weighted by Gasteiger charge is 2.12. The van der Waals surface area contributed by atoms with E-state index < -0.39 is 0 Å². The van der Waals surface area contributed by atoms with Crippen LogP contribution in [0.25, 0.3) is 0 Å². The third-order valence-corrected chi connectivity index (χ3v) is 4.41. The molecule has 2 rings (SSSR count). The lowest BCUT2D eigenvalue weighted by molar-refractivity contribution is 0.382. The highest BCUT2D eigenvalue weighted by atomic mass is 16.5. The molecular formula is C21H32N6O2. The summed E-state index contributed by atoms with van der Waals surface area (Å²) in [5, 5.41) is 11.5. The van der Waals surface area contributed by atoms with E-state index in [1.54, 1.807) is 20.5 Å². The van der Waals surface area contributed by atoms with Gasteiger partial charge < -0.3 is 24.3 Å². The number of ether oxygens (including phenoxy) is 2. The van der Waals surface area contributed by atoms with Crippen LogP contribution >= 0.6 is 0 Å². The summed E-state index contributed by atoms with van der Waals surface area (Å²) in [5.74, 6) is 3.33. The molecule has 8 nitrogen and oxygen atoms in total. The third kappa shape index (κ3) is 6.51. The van der Waals surface area contributed by atoms with Gasteiger partial charge in [-0.25, -0.2) is 4.99 Å². The van der Waals surface area contributed by atoms with Gasteiger partial charge in [-0.3, -0.25) is 0 Å². The van der Waals surface area contributed by atoms with Crippen LogP contribution in [0, 0.1) is 0 Å². The van der Waals surface area contributed by atoms with E-state index in [0.29, 0.717) is 19.6 Å². The predicted octanol–water partition coefficient (Wildman–Crippen LogP) is 2.51. The van der Waals surface area contributed by atoms with E-state index in [-0.39, 0.29) is 0 Å². The minimum absolute atomic E-state index is 0.569. The molecule has 0 radical (unpaired) electrons. The molecule has 158 valence electrons. The average molecular weight is 401 g/mol. The van der Waals surface area contributed by atoms with Crippen molar-refractivity contribution in [3.63, 3.8) is 0 Å². The summed E-state index contributed by atoms with van der Waals surface area (Å²) in [6, 6.07) is 5.83. The molecule has 0 fully saturated rings. The number of aromatic nitrogens is 3. The van der Waals surface area contributed by atoms with Gasteiger partial charge in [-0.1, -0.05) is 19.1 Å². The zero-order chi connectivity index (χ0) is 21.2. The largest absolute Gasteiger partial charge is 0.497 e. The third-order valence-electron chi connectivity index (χ3n) is 4.41. The van der Waals surface area contributed by atoms with Gasteiger partial charge in [0.05, 0.1) is 20.8 Å². The fourth-order valence-corrected chi connectivity index (χ4v) is 2.86. The van der Waals surface area contributed by atoms with Gasteiger partial charge in [-0.05, 0) is 19.1 Å². The number of guanidine groups is 1. The summed E-state index contributed by atoms with van der Waals surface area (Å²) in [4.78, 5) is 6.77. The van der Waals surface area contributed by atoms with Gasteiger partial charge in [0.1, 0.15) is 23.7 Å². The Morgan fingerprint density at radius 1 is 1.31 bits per heavy atom. The second kappa shape index (κ2) is 11.1. The number of benzene rings is 1. The number of rotatable bonds is 10. The SMILES string of the molecule is C=C(C)CN=C(NCCn1cnnc1CC)N(C)Cc1ccc(OC)cc1OC. The summed E-state index contributed by atoms with van der Waals surface area (Å²) in [7, 11) is 5.31. The highest BCUT2D eigenvalue weighted by molar-refractivity contribution is 5.80. The van der Waals surface area contributed by atoms with Gasteiger partial charge >= 0.3 is 0 Å². The first-order valence-electron chi connectivity index (χ1n) is 9.69. The number of aryl methyl sites for hydroxylation is 1. The molecule has 0 unspecified atom stereocenters. The molecule has 2 aromatic rings. The second-order valence-corrected chi connectivity index (χ2v) is 6.85. The molecule has 29 heavy (non-hydrogen) atoms. The van der Waals surface area contributed by atoms with Crippen LogP contribution in [-0.4, -0.2) is 60.0 Å². The number of nitrogens with zero attached hydrogens (tertiary/aromatic N) is 5. The molecule has 1 aromatic carbocycles. The molecule has 0 bridgehead atoms. The number of methoxy groups -OCH3 is 2. The quantitative estimate of drug-likeness (QED) is 0.375. The van der Waals surface area contributed by atoms with E-state index in [2.05, 4.69) is 38.5 Å². The molecular weight excluding hydrogens is 368 g/mol. The van der Waals surface area contributed by atoms with Crippen molar-refractivity contribution in [1.29, 1.82) is 0 Å². The fourth-order valence-electron chi connectivity index (χ4n) is 2.86. The van der Waals surface area contributed by atoms with Crippen molar-refractivity contribution in [2.24, 2.45) is 4.99 Å². The Morgan fingerprint density at radius 3 is 2.76 bits per heavy atom. The van der Waals surface area contributed by atoms with Gasteiger partial charge in [0, 0.05) is 44.7 Å². The number of hydrogen-bond acceptors (Lipinski definition) is 5. The standard InChI is InChI=1S/C21H32N6O2/c1-7-20-25-24-15-27(20)11-10-22-21(23-13-16(2)3)26(4)14-17-8-9-18(28-5)12-19(17)29-6/h8-9,12,15H,2,7,10-11,13-14H2,1,3-6H3,(H,22,23). The molecule has 8 heteroatoms. The fraction of sp³-hybridized carbons (Fsp3) is 0.476. The lowest BCUT2D eigenvalue weighted by Crippen LogP contribution is -2.40. The molecule has 0 spiro atoms. The van der Waals surface area contributed by atoms with Crippen molar-refractivity contribution in [1.82, 2.24) is 25.0 Å². The van der Waals surface area contributed by atoms with Crippen LogP contribution in [-0.2, 0) is 19.5 Å². The van der Waals surface area contributed by atoms with Gasteiger partial charge in [-0.15, -0.1) is 10.2 Å². The zero-order valence-electron chi connectivity index (χ0n) is 18.1. The van der Waals surface area contributed by atoms with Crippen molar-refractivity contribution in [2.75, 3.05) is 34.4 Å². The van der Waals surface area contributed by atoms with Gasteiger partial charge in [-0.2, -0.15) is 0 Å². The smallest absolute Gasteiger partial charge is 0.194 e. The van der Waals surface area contributed by atoms with Crippen molar-refractivity contribution in [2.45, 2.75) is 33.4 Å². The topological polar surface area (TPSA) is 76.8 Å². The highest BCUT2D eigenvalue weighted by Crippen LogP contribution is 2.25. The first-order valence-corrected chi connectivity index (χ1v) is 9.69. The molecule has 0 amide bonds. The predicted molar refractivity (Wildman–Crippen MR) is 116 cm³/mol. The Bertz CT molecular complexity index is 830. The van der Waals surface area contributed by atoms with Crippen LogP contribution in [0.15, 0.2) is 41.7 Å². The Balaban J connectivity index is 2.08. The average Bonchev–Trinajstić information content (AvgIpc) is 3.17. The Hall–Kier alpha value is -3.03. The van der Waals surface area contributed by atoms with Crippen LogP contribution in [0.2, 0.25) is 0 Å². The van der Waals surface area contributed by atoms with Crippen LogP contribution in [0.1, 0.15) is 25.2 Å². The first kappa shape index (κ1) is 22.3. The maximum absolute atomic E-state index is 5.52.